The number of aromatic nitrogens is 2. The van der Waals surface area contributed by atoms with Gasteiger partial charge in [-0.15, -0.1) is 0 Å². The van der Waals surface area contributed by atoms with Gasteiger partial charge in [-0.2, -0.15) is 0 Å². The highest BCUT2D eigenvalue weighted by molar-refractivity contribution is 5.73. The van der Waals surface area contributed by atoms with Gasteiger partial charge in [0, 0.05) is 25.1 Å². The van der Waals surface area contributed by atoms with E-state index in [4.69, 9.17) is 14.2 Å². The molecule has 3 rings (SSSR count). The molecule has 0 amide bonds. The first-order valence-corrected chi connectivity index (χ1v) is 8.24. The zero-order valence-electron chi connectivity index (χ0n) is 13.7. The molecule has 0 saturated carbocycles. The van der Waals surface area contributed by atoms with Crippen LogP contribution in [0.25, 0.3) is 0 Å². The number of ether oxygens (including phenoxy) is 3. The van der Waals surface area contributed by atoms with Crippen LogP contribution in [-0.2, 0) is 16.0 Å². The average Bonchev–Trinajstić information content (AvgIpc) is 2.64. The molecule has 1 aromatic heterocycles. The van der Waals surface area contributed by atoms with Crippen molar-refractivity contribution in [2.45, 2.75) is 38.1 Å². The Morgan fingerprint density at radius 2 is 2.20 bits per heavy atom. The van der Waals surface area contributed by atoms with Crippen molar-refractivity contribution in [1.29, 1.82) is 0 Å². The van der Waals surface area contributed by atoms with Gasteiger partial charge in [-0.1, -0.05) is 18.2 Å². The second-order valence-corrected chi connectivity index (χ2v) is 5.72. The molecule has 7 heteroatoms. The maximum Gasteiger partial charge on any atom is 0.345 e. The first kappa shape index (κ1) is 17.2. The van der Waals surface area contributed by atoms with Gasteiger partial charge in [0.25, 0.3) is 0 Å². The van der Waals surface area contributed by atoms with Crippen LogP contribution in [0.15, 0.2) is 42.9 Å². The lowest BCUT2D eigenvalue weighted by molar-refractivity contribution is -0.145. The van der Waals surface area contributed by atoms with Crippen LogP contribution < -0.4 is 9.47 Å². The van der Waals surface area contributed by atoms with Gasteiger partial charge in [-0.3, -0.25) is 0 Å². The summed E-state index contributed by atoms with van der Waals surface area (Å²) in [4.78, 5) is 19.3. The van der Waals surface area contributed by atoms with Crippen molar-refractivity contribution in [3.05, 3.63) is 48.4 Å². The molecule has 1 saturated heterocycles. The molecular formula is C18H20N2O5. The van der Waals surface area contributed by atoms with Crippen LogP contribution in [0.3, 0.4) is 0 Å². The summed E-state index contributed by atoms with van der Waals surface area (Å²) >= 11 is 0. The van der Waals surface area contributed by atoms with Gasteiger partial charge in [0.15, 0.2) is 6.29 Å². The van der Waals surface area contributed by atoms with Crippen LogP contribution >= 0.6 is 0 Å². The minimum atomic E-state index is -1.08. The van der Waals surface area contributed by atoms with Gasteiger partial charge in [0.05, 0.1) is 6.61 Å². The predicted molar refractivity (Wildman–Crippen MR) is 88.4 cm³/mol. The van der Waals surface area contributed by atoms with E-state index in [1.54, 1.807) is 0 Å². The molecular weight excluding hydrogens is 324 g/mol. The quantitative estimate of drug-likeness (QED) is 0.825. The monoisotopic (exact) mass is 344 g/mol. The Labute approximate surface area is 145 Å². The van der Waals surface area contributed by atoms with Gasteiger partial charge < -0.3 is 19.3 Å². The van der Waals surface area contributed by atoms with E-state index in [-0.39, 0.29) is 18.6 Å². The van der Waals surface area contributed by atoms with Crippen molar-refractivity contribution < 1.29 is 24.1 Å². The van der Waals surface area contributed by atoms with Crippen LogP contribution in [-0.4, -0.2) is 40.0 Å². The summed E-state index contributed by atoms with van der Waals surface area (Å²) in [5, 5.41) is 9.47. The molecule has 1 N–H and O–H groups in total. The zero-order chi connectivity index (χ0) is 17.5. The van der Waals surface area contributed by atoms with E-state index >= 15 is 0 Å². The fourth-order valence-electron chi connectivity index (χ4n) is 2.61. The number of aliphatic carboxylic acids is 1. The minimum Gasteiger partial charge on any atom is -0.478 e. The molecule has 2 unspecified atom stereocenters. The van der Waals surface area contributed by atoms with Crippen LogP contribution in [0.5, 0.6) is 11.6 Å². The SMILES string of the molecule is O=C(O)C(Cc1ccccc1OC1CCCCO1)Oc1ccncn1. The minimum absolute atomic E-state index is 0.155. The number of hydrogen-bond acceptors (Lipinski definition) is 6. The molecule has 25 heavy (non-hydrogen) atoms. The van der Waals surface area contributed by atoms with Gasteiger partial charge in [-0.25, -0.2) is 14.8 Å². The largest absolute Gasteiger partial charge is 0.478 e. The molecule has 1 aliphatic heterocycles. The summed E-state index contributed by atoms with van der Waals surface area (Å²) in [7, 11) is 0. The molecule has 1 aromatic carbocycles. The molecule has 0 aliphatic carbocycles. The Kier molecular flexibility index (Phi) is 5.79. The van der Waals surface area contributed by atoms with Gasteiger partial charge in [-0.05, 0) is 24.5 Å². The highest BCUT2D eigenvalue weighted by Gasteiger charge is 2.24. The molecule has 0 radical (unpaired) electrons. The highest BCUT2D eigenvalue weighted by Crippen LogP contribution is 2.25. The summed E-state index contributed by atoms with van der Waals surface area (Å²) < 4.78 is 17.0. The maximum absolute atomic E-state index is 11.6. The van der Waals surface area contributed by atoms with Crippen LogP contribution in [0.1, 0.15) is 24.8 Å². The van der Waals surface area contributed by atoms with Gasteiger partial charge in [0.1, 0.15) is 12.1 Å². The van der Waals surface area contributed by atoms with Crippen molar-refractivity contribution >= 4 is 5.97 Å². The lowest BCUT2D eigenvalue weighted by atomic mass is 10.1. The topological polar surface area (TPSA) is 90.8 Å². The van der Waals surface area contributed by atoms with Crippen LogP contribution in [0.2, 0.25) is 0 Å². The number of carboxylic acid groups (broad SMARTS) is 1. The van der Waals surface area contributed by atoms with E-state index < -0.39 is 12.1 Å². The third-order valence-electron chi connectivity index (χ3n) is 3.87. The summed E-state index contributed by atoms with van der Waals surface area (Å²) in [6, 6.07) is 8.86. The molecule has 132 valence electrons. The Bertz CT molecular complexity index is 689. The number of nitrogens with zero attached hydrogens (tertiary/aromatic N) is 2. The number of hydrogen-bond donors (Lipinski definition) is 1. The molecule has 1 fully saturated rings. The molecule has 1 aliphatic rings. The summed E-state index contributed by atoms with van der Waals surface area (Å²) in [5.74, 6) is -0.231. The van der Waals surface area contributed by atoms with E-state index in [0.29, 0.717) is 12.4 Å². The fraction of sp³-hybridized carbons (Fsp3) is 0.389. The predicted octanol–water partition coefficient (Wildman–Crippen LogP) is 2.46. The lowest BCUT2D eigenvalue weighted by Gasteiger charge is -2.25. The number of carboxylic acids is 1. The summed E-state index contributed by atoms with van der Waals surface area (Å²) in [6.07, 6.45) is 4.52. The van der Waals surface area contributed by atoms with E-state index in [1.807, 2.05) is 24.3 Å². The van der Waals surface area contributed by atoms with E-state index in [1.165, 1.54) is 18.6 Å². The second kappa shape index (κ2) is 8.43. The Morgan fingerprint density at radius 3 is 2.92 bits per heavy atom. The fourth-order valence-corrected chi connectivity index (χ4v) is 2.61. The van der Waals surface area contributed by atoms with Gasteiger partial charge in [0.2, 0.25) is 12.0 Å². The molecule has 7 nitrogen and oxygen atoms in total. The van der Waals surface area contributed by atoms with Crippen molar-refractivity contribution in [2.24, 2.45) is 0 Å². The van der Waals surface area contributed by atoms with Crippen LogP contribution in [0.4, 0.5) is 0 Å². The number of benzene rings is 1. The third kappa shape index (κ3) is 4.90. The van der Waals surface area contributed by atoms with E-state index in [0.717, 1.165) is 24.8 Å². The molecule has 0 bridgehead atoms. The number of para-hydroxylation sites is 1. The van der Waals surface area contributed by atoms with Crippen molar-refractivity contribution in [3.63, 3.8) is 0 Å². The Hall–Kier alpha value is -2.67. The van der Waals surface area contributed by atoms with E-state index in [2.05, 4.69) is 9.97 Å². The third-order valence-corrected chi connectivity index (χ3v) is 3.87. The molecule has 2 atom stereocenters. The van der Waals surface area contributed by atoms with Crippen molar-refractivity contribution in [1.82, 2.24) is 9.97 Å². The first-order chi connectivity index (χ1) is 12.2. The second-order valence-electron chi connectivity index (χ2n) is 5.72. The Balaban J connectivity index is 1.72. The van der Waals surface area contributed by atoms with Crippen molar-refractivity contribution in [2.75, 3.05) is 6.61 Å². The van der Waals surface area contributed by atoms with Crippen molar-refractivity contribution in [3.8, 4) is 11.6 Å². The zero-order valence-corrected chi connectivity index (χ0v) is 13.7. The molecule has 0 spiro atoms. The smallest absolute Gasteiger partial charge is 0.345 e. The number of rotatable bonds is 7. The first-order valence-electron chi connectivity index (χ1n) is 8.24. The average molecular weight is 344 g/mol. The maximum atomic E-state index is 11.6. The normalized spacial score (nSPS) is 18.3. The molecule has 2 aromatic rings. The summed E-state index contributed by atoms with van der Waals surface area (Å²) in [6.45, 7) is 0.682. The standard InChI is InChI=1S/C18H20N2O5/c21-18(22)15(24-16-8-9-19-12-20-16)11-13-5-1-2-6-14(13)25-17-7-3-4-10-23-17/h1-2,5-6,8-9,12,15,17H,3-4,7,10-11H2,(H,21,22). The lowest BCUT2D eigenvalue weighted by Crippen LogP contribution is -2.30. The summed E-state index contributed by atoms with van der Waals surface area (Å²) in [5.41, 5.74) is 0.748. The van der Waals surface area contributed by atoms with Gasteiger partial charge >= 0.3 is 5.97 Å². The highest BCUT2D eigenvalue weighted by atomic mass is 16.7. The molecule has 2 heterocycles. The number of carbonyl (C=O) groups is 1. The van der Waals surface area contributed by atoms with Crippen LogP contribution in [0, 0.1) is 0 Å². The Morgan fingerprint density at radius 1 is 1.32 bits per heavy atom. The van der Waals surface area contributed by atoms with E-state index in [9.17, 15) is 9.90 Å².